The van der Waals surface area contributed by atoms with E-state index in [1.165, 1.54) is 11.1 Å². The molecule has 2 heterocycles. The molecule has 0 bridgehead atoms. The van der Waals surface area contributed by atoms with Crippen molar-refractivity contribution >= 4 is 17.6 Å². The van der Waals surface area contributed by atoms with Crippen LogP contribution in [0, 0.1) is 0 Å². The molecule has 1 aliphatic rings. The highest BCUT2D eigenvalue weighted by Gasteiger charge is 2.14. The molecule has 144 valence electrons. The number of halogens is 1. The molecule has 10 heteroatoms. The van der Waals surface area contributed by atoms with E-state index in [-0.39, 0.29) is 11.0 Å². The summed E-state index contributed by atoms with van der Waals surface area (Å²) in [4.78, 5) is 34.9. The molecule has 26 heavy (non-hydrogen) atoms. The Balaban J connectivity index is 0.000000453. The highest BCUT2D eigenvalue weighted by Crippen LogP contribution is 2.25. The van der Waals surface area contributed by atoms with Crippen molar-refractivity contribution in [1.82, 2.24) is 15.3 Å². The van der Waals surface area contributed by atoms with Gasteiger partial charge >= 0.3 is 11.7 Å². The molecule has 1 aromatic heterocycles. The zero-order valence-electron chi connectivity index (χ0n) is 14.1. The number of aromatic nitrogens is 2. The summed E-state index contributed by atoms with van der Waals surface area (Å²) in [6, 6.07) is 7.04. The van der Waals surface area contributed by atoms with E-state index in [1.54, 1.807) is 0 Å². The van der Waals surface area contributed by atoms with Crippen molar-refractivity contribution in [2.75, 3.05) is 13.1 Å². The van der Waals surface area contributed by atoms with E-state index < -0.39 is 22.9 Å². The van der Waals surface area contributed by atoms with Crippen molar-refractivity contribution in [3.8, 4) is 0 Å². The predicted octanol–water partition coefficient (Wildman–Crippen LogP) is -0.299. The van der Waals surface area contributed by atoms with Crippen LogP contribution in [-0.2, 0) is 6.42 Å². The van der Waals surface area contributed by atoms with Crippen LogP contribution in [0.25, 0.3) is 0 Å². The van der Waals surface area contributed by atoms with Gasteiger partial charge in [0.1, 0.15) is 5.69 Å². The summed E-state index contributed by atoms with van der Waals surface area (Å²) in [6.45, 7) is 4.39. The molecule has 8 N–H and O–H groups in total. The Hall–Kier alpha value is -2.46. The van der Waals surface area contributed by atoms with Gasteiger partial charge in [0.05, 0.1) is 0 Å². The number of carboxylic acid groups (broad SMARTS) is 1. The molecule has 0 saturated heterocycles. The van der Waals surface area contributed by atoms with E-state index in [4.69, 9.17) is 16.7 Å². The molecule has 3 rings (SSSR count). The molecule has 0 radical (unpaired) electrons. The van der Waals surface area contributed by atoms with Crippen molar-refractivity contribution in [2.45, 2.75) is 19.3 Å². The molecule has 1 atom stereocenters. The van der Waals surface area contributed by atoms with Crippen molar-refractivity contribution in [2.24, 2.45) is 0 Å². The summed E-state index contributed by atoms with van der Waals surface area (Å²) in [5.74, 6) is -0.760. The maximum absolute atomic E-state index is 10.5. The molecule has 0 spiro atoms. The van der Waals surface area contributed by atoms with E-state index in [0.717, 1.165) is 30.6 Å². The number of fused-ring (bicyclic) bond motifs is 1. The summed E-state index contributed by atoms with van der Waals surface area (Å²) in [5.41, 5.74) is 0.888. The summed E-state index contributed by atoms with van der Waals surface area (Å²) in [7, 11) is 0. The van der Waals surface area contributed by atoms with Crippen LogP contribution in [-0.4, -0.2) is 45.1 Å². The minimum Gasteiger partial charge on any atom is -0.477 e. The van der Waals surface area contributed by atoms with Crippen LogP contribution in [0.1, 0.15) is 34.5 Å². The summed E-state index contributed by atoms with van der Waals surface area (Å²) in [6.07, 6.45) is 1.12. The first kappa shape index (κ1) is 23.5. The monoisotopic (exact) mass is 387 g/mol. The number of nitrogens with one attached hydrogen (secondary N) is 3. The summed E-state index contributed by atoms with van der Waals surface area (Å²) < 4.78 is 0. The van der Waals surface area contributed by atoms with Crippen molar-refractivity contribution in [3.05, 3.63) is 66.9 Å². The van der Waals surface area contributed by atoms with Crippen molar-refractivity contribution < 1.29 is 20.9 Å². The lowest BCUT2D eigenvalue weighted by Gasteiger charge is -2.11. The maximum Gasteiger partial charge on any atom is 0.352 e. The number of benzene rings is 1. The van der Waals surface area contributed by atoms with Crippen LogP contribution < -0.4 is 16.6 Å². The van der Waals surface area contributed by atoms with E-state index in [2.05, 4.69) is 24.4 Å². The zero-order chi connectivity index (χ0) is 17.7. The average molecular weight is 388 g/mol. The molecule has 1 aromatic carbocycles. The van der Waals surface area contributed by atoms with Gasteiger partial charge in [-0.05, 0) is 42.1 Å². The van der Waals surface area contributed by atoms with Gasteiger partial charge in [-0.15, -0.1) is 0 Å². The molecular formula is C16H22ClN3O6. The van der Waals surface area contributed by atoms with Crippen LogP contribution in [0.15, 0.2) is 33.9 Å². The molecule has 0 amide bonds. The maximum atomic E-state index is 10.5. The van der Waals surface area contributed by atoms with Crippen molar-refractivity contribution in [3.63, 3.8) is 0 Å². The van der Waals surface area contributed by atoms with E-state index in [0.29, 0.717) is 5.92 Å². The number of rotatable bonds is 1. The lowest BCUT2D eigenvalue weighted by atomic mass is 9.96. The van der Waals surface area contributed by atoms with Crippen LogP contribution in [0.3, 0.4) is 0 Å². The third kappa shape index (κ3) is 6.45. The first-order valence-electron chi connectivity index (χ1n) is 7.43. The SMILES string of the molecule is C[C@H]1CNCCc2ccc(Cl)cc21.O.O.O=C(O)c1cc(=O)[nH]c(=O)[nH]1. The van der Waals surface area contributed by atoms with Crippen LogP contribution in [0.5, 0.6) is 0 Å². The van der Waals surface area contributed by atoms with Gasteiger partial charge in [-0.2, -0.15) is 0 Å². The van der Waals surface area contributed by atoms with E-state index in [9.17, 15) is 14.4 Å². The fourth-order valence-corrected chi connectivity index (χ4v) is 2.67. The number of carbonyl (C=O) groups is 1. The predicted molar refractivity (Wildman–Crippen MR) is 98.3 cm³/mol. The molecule has 0 fully saturated rings. The second kappa shape index (κ2) is 10.5. The fourth-order valence-electron chi connectivity index (χ4n) is 2.49. The standard InChI is InChI=1S/C11H14ClN.C5H4N2O4.2H2O/c1-8-7-13-5-4-9-2-3-10(12)6-11(8)9;8-3-1-2(4(9)10)6-5(11)7-3;;/h2-3,6,8,13H,4-5,7H2,1H3;1H,(H,9,10)(H2,6,7,8,11);2*1H2/t8-;;;/m0.../s1. The zero-order valence-corrected chi connectivity index (χ0v) is 14.8. The largest absolute Gasteiger partial charge is 0.477 e. The summed E-state index contributed by atoms with van der Waals surface area (Å²) in [5, 5.41) is 12.6. The molecule has 0 aliphatic carbocycles. The quantitative estimate of drug-likeness (QED) is 0.523. The number of aromatic amines is 2. The van der Waals surface area contributed by atoms with Gasteiger partial charge in [0.2, 0.25) is 0 Å². The van der Waals surface area contributed by atoms with E-state index >= 15 is 0 Å². The summed E-state index contributed by atoms with van der Waals surface area (Å²) >= 11 is 5.97. The van der Waals surface area contributed by atoms with Gasteiger partial charge < -0.3 is 26.4 Å². The second-order valence-electron chi connectivity index (χ2n) is 5.50. The van der Waals surface area contributed by atoms with Crippen LogP contribution in [0.4, 0.5) is 0 Å². The second-order valence-corrected chi connectivity index (χ2v) is 5.94. The highest BCUT2D eigenvalue weighted by molar-refractivity contribution is 6.30. The minimum absolute atomic E-state index is 0. The van der Waals surface area contributed by atoms with Gasteiger partial charge in [-0.3, -0.25) is 9.78 Å². The number of hydrogen-bond acceptors (Lipinski definition) is 4. The number of carboxylic acids is 1. The first-order chi connectivity index (χ1) is 11.4. The number of aromatic carboxylic acids is 1. The Labute approximate surface area is 153 Å². The van der Waals surface area contributed by atoms with Gasteiger partial charge in [0, 0.05) is 17.6 Å². The molecule has 9 nitrogen and oxygen atoms in total. The highest BCUT2D eigenvalue weighted by atomic mass is 35.5. The molecule has 2 aromatic rings. The smallest absolute Gasteiger partial charge is 0.352 e. The van der Waals surface area contributed by atoms with Crippen LogP contribution in [0.2, 0.25) is 5.02 Å². The normalized spacial score (nSPS) is 15.1. The Morgan fingerprint density at radius 3 is 2.50 bits per heavy atom. The minimum atomic E-state index is -1.34. The van der Waals surface area contributed by atoms with E-state index in [1.807, 2.05) is 16.0 Å². The Morgan fingerprint density at radius 2 is 1.88 bits per heavy atom. The fraction of sp³-hybridized carbons (Fsp3) is 0.312. The third-order valence-electron chi connectivity index (χ3n) is 3.65. The third-order valence-corrected chi connectivity index (χ3v) is 3.89. The van der Waals surface area contributed by atoms with Gasteiger partial charge in [0.15, 0.2) is 0 Å². The molecule has 1 aliphatic heterocycles. The lowest BCUT2D eigenvalue weighted by Crippen LogP contribution is -2.24. The van der Waals surface area contributed by atoms with Gasteiger partial charge in [-0.25, -0.2) is 9.59 Å². The number of H-pyrrole nitrogens is 2. The van der Waals surface area contributed by atoms with Gasteiger partial charge in [0.25, 0.3) is 5.56 Å². The van der Waals surface area contributed by atoms with Crippen molar-refractivity contribution in [1.29, 1.82) is 0 Å². The van der Waals surface area contributed by atoms with Crippen LogP contribution >= 0.6 is 11.6 Å². The molecule has 0 unspecified atom stereocenters. The first-order valence-corrected chi connectivity index (χ1v) is 7.80. The Morgan fingerprint density at radius 1 is 1.19 bits per heavy atom. The Kier molecular flexibility index (Phi) is 9.52. The number of hydrogen-bond donors (Lipinski definition) is 4. The van der Waals surface area contributed by atoms with Gasteiger partial charge in [-0.1, -0.05) is 24.6 Å². The molecule has 0 saturated carbocycles. The lowest BCUT2D eigenvalue weighted by molar-refractivity contribution is 0.0689. The topological polar surface area (TPSA) is 178 Å². The average Bonchev–Trinajstić information content (AvgIpc) is 2.69. The Bertz CT molecular complexity index is 820. The molecular weight excluding hydrogens is 366 g/mol.